The van der Waals surface area contributed by atoms with Gasteiger partial charge in [0.25, 0.3) is 0 Å². The third-order valence-corrected chi connectivity index (χ3v) is 6.61. The minimum Gasteiger partial charge on any atom is -0.497 e. The number of amides is 2. The van der Waals surface area contributed by atoms with Gasteiger partial charge in [0.1, 0.15) is 18.3 Å². The predicted octanol–water partition coefficient (Wildman–Crippen LogP) is 3.71. The van der Waals surface area contributed by atoms with Crippen LogP contribution in [-0.2, 0) is 26.2 Å². The summed E-state index contributed by atoms with van der Waals surface area (Å²) in [6.07, 6.45) is 0.979. The van der Waals surface area contributed by atoms with Crippen molar-refractivity contribution in [2.24, 2.45) is 0 Å². The highest BCUT2D eigenvalue weighted by molar-refractivity contribution is 7.92. The molecule has 0 unspecified atom stereocenters. The summed E-state index contributed by atoms with van der Waals surface area (Å²) in [4.78, 5) is 27.6. The molecule has 2 rings (SSSR count). The van der Waals surface area contributed by atoms with E-state index in [0.29, 0.717) is 16.3 Å². The predicted molar refractivity (Wildman–Crippen MR) is 135 cm³/mol. The molecule has 0 bridgehead atoms. The van der Waals surface area contributed by atoms with Crippen molar-refractivity contribution in [2.45, 2.75) is 39.4 Å². The highest BCUT2D eigenvalue weighted by atomic mass is 35.5. The van der Waals surface area contributed by atoms with E-state index in [2.05, 4.69) is 5.32 Å². The Hall–Kier alpha value is -2.49. The fraction of sp³-hybridized carbons (Fsp3) is 0.391. The lowest BCUT2D eigenvalue weighted by Crippen LogP contribution is -2.52. The quantitative estimate of drug-likeness (QED) is 0.506. The van der Waals surface area contributed by atoms with Gasteiger partial charge in [0.15, 0.2) is 0 Å². The van der Waals surface area contributed by atoms with Gasteiger partial charge in [-0.15, -0.1) is 0 Å². The Bertz CT molecular complexity index is 1140. The second-order valence-electron chi connectivity index (χ2n) is 8.08. The normalized spacial score (nSPS) is 12.2. The van der Waals surface area contributed by atoms with Gasteiger partial charge in [-0.05, 0) is 56.7 Å². The number of carbonyl (C=O) groups is 2. The summed E-state index contributed by atoms with van der Waals surface area (Å²) < 4.78 is 31.3. The molecule has 0 aromatic heterocycles. The average Bonchev–Trinajstić information content (AvgIpc) is 2.74. The molecule has 8 nitrogen and oxygen atoms in total. The minimum atomic E-state index is -3.89. The van der Waals surface area contributed by atoms with Gasteiger partial charge in [-0.3, -0.25) is 13.9 Å². The first-order chi connectivity index (χ1) is 15.8. The van der Waals surface area contributed by atoms with Crippen LogP contribution in [0.4, 0.5) is 5.69 Å². The molecule has 0 aliphatic rings. The van der Waals surface area contributed by atoms with E-state index in [4.69, 9.17) is 27.9 Å². The van der Waals surface area contributed by atoms with Crippen LogP contribution in [0.25, 0.3) is 0 Å². The van der Waals surface area contributed by atoms with Crippen molar-refractivity contribution in [3.8, 4) is 5.75 Å². The number of ether oxygens (including phenoxy) is 1. The highest BCUT2D eigenvalue weighted by Crippen LogP contribution is 2.30. The lowest BCUT2D eigenvalue weighted by atomic mass is 10.1. The largest absolute Gasteiger partial charge is 0.497 e. The maximum absolute atomic E-state index is 13.5. The maximum atomic E-state index is 13.5. The van der Waals surface area contributed by atoms with Crippen LogP contribution in [0.15, 0.2) is 42.5 Å². The lowest BCUT2D eigenvalue weighted by Gasteiger charge is -2.32. The first-order valence-corrected chi connectivity index (χ1v) is 13.1. The van der Waals surface area contributed by atoms with Gasteiger partial charge >= 0.3 is 0 Å². The number of carbonyl (C=O) groups excluding carboxylic acids is 2. The van der Waals surface area contributed by atoms with Crippen molar-refractivity contribution in [3.63, 3.8) is 0 Å². The summed E-state index contributed by atoms with van der Waals surface area (Å²) in [5, 5.41) is 3.20. The van der Waals surface area contributed by atoms with Crippen LogP contribution >= 0.6 is 23.2 Å². The maximum Gasteiger partial charge on any atom is 0.244 e. The zero-order valence-electron chi connectivity index (χ0n) is 19.7. The molecule has 0 heterocycles. The monoisotopic (exact) mass is 529 g/mol. The molecule has 0 radical (unpaired) electrons. The summed E-state index contributed by atoms with van der Waals surface area (Å²) >= 11 is 12.2. The fourth-order valence-corrected chi connectivity index (χ4v) is 4.66. The summed E-state index contributed by atoms with van der Waals surface area (Å²) in [6, 6.07) is 10.4. The summed E-state index contributed by atoms with van der Waals surface area (Å²) in [5.41, 5.74) is 0.829. The van der Waals surface area contributed by atoms with Crippen LogP contribution in [-0.4, -0.2) is 57.1 Å². The number of anilines is 1. The van der Waals surface area contributed by atoms with Crippen molar-refractivity contribution in [1.82, 2.24) is 10.2 Å². The first-order valence-electron chi connectivity index (χ1n) is 10.5. The Morgan fingerprint density at radius 1 is 1.09 bits per heavy atom. The Labute approximate surface area is 210 Å². The molecule has 2 aromatic rings. The van der Waals surface area contributed by atoms with Gasteiger partial charge in [0.2, 0.25) is 21.8 Å². The molecule has 11 heteroatoms. The van der Waals surface area contributed by atoms with E-state index < -0.39 is 28.5 Å². The van der Waals surface area contributed by atoms with Gasteiger partial charge in [-0.2, -0.15) is 0 Å². The zero-order valence-corrected chi connectivity index (χ0v) is 22.0. The van der Waals surface area contributed by atoms with Crippen molar-refractivity contribution in [3.05, 3.63) is 58.1 Å². The number of sulfonamides is 1. The summed E-state index contributed by atoms with van der Waals surface area (Å²) in [5.74, 6) is -0.345. The molecular formula is C23H29Cl2N3O5S. The number of benzene rings is 2. The molecule has 2 amide bonds. The van der Waals surface area contributed by atoms with E-state index in [1.54, 1.807) is 31.2 Å². The molecule has 186 valence electrons. The second kappa shape index (κ2) is 11.8. The molecule has 0 spiro atoms. The van der Waals surface area contributed by atoms with Gasteiger partial charge in [-0.25, -0.2) is 8.42 Å². The first kappa shape index (κ1) is 27.8. The molecule has 34 heavy (non-hydrogen) atoms. The van der Waals surface area contributed by atoms with Crippen LogP contribution in [0.2, 0.25) is 10.0 Å². The smallest absolute Gasteiger partial charge is 0.244 e. The fourth-order valence-electron chi connectivity index (χ4n) is 3.23. The number of hydrogen-bond acceptors (Lipinski definition) is 5. The molecule has 0 fully saturated rings. The lowest BCUT2D eigenvalue weighted by molar-refractivity contribution is -0.139. The molecule has 0 saturated heterocycles. The van der Waals surface area contributed by atoms with E-state index in [9.17, 15) is 18.0 Å². The molecule has 2 aromatic carbocycles. The van der Waals surface area contributed by atoms with Crippen LogP contribution in [0, 0.1) is 0 Å². The average molecular weight is 530 g/mol. The Balaban J connectivity index is 2.44. The van der Waals surface area contributed by atoms with Crippen molar-refractivity contribution < 1.29 is 22.7 Å². The van der Waals surface area contributed by atoms with Gasteiger partial charge in [0.05, 0.1) is 24.1 Å². The molecule has 0 aliphatic heterocycles. The van der Waals surface area contributed by atoms with Crippen molar-refractivity contribution in [2.75, 3.05) is 24.2 Å². The van der Waals surface area contributed by atoms with E-state index >= 15 is 0 Å². The van der Waals surface area contributed by atoms with E-state index in [1.165, 1.54) is 30.2 Å². The van der Waals surface area contributed by atoms with Gasteiger partial charge in [0, 0.05) is 17.6 Å². The Morgan fingerprint density at radius 3 is 2.32 bits per heavy atom. The zero-order chi connectivity index (χ0) is 25.6. The molecular weight excluding hydrogens is 501 g/mol. The highest BCUT2D eigenvalue weighted by Gasteiger charge is 2.31. The minimum absolute atomic E-state index is 0.0642. The second-order valence-corrected chi connectivity index (χ2v) is 10.8. The standard InChI is InChI=1S/C23H29Cl2N3O5S/c1-15(2)26-23(30)16(3)27(13-17-7-6-8-19(11-17)33-4)22(29)14-28(34(5,31)32)21-10-9-18(24)12-20(21)25/h6-12,15-16H,13-14H2,1-5H3,(H,26,30)/t16-/m0/s1. The van der Waals surface area contributed by atoms with Crippen LogP contribution in [0.3, 0.4) is 0 Å². The summed E-state index contributed by atoms with van der Waals surface area (Å²) in [6.45, 7) is 4.73. The number of hydrogen-bond donors (Lipinski definition) is 1. The Kier molecular flexibility index (Phi) is 9.61. The number of halogens is 2. The van der Waals surface area contributed by atoms with Crippen molar-refractivity contribution in [1.29, 1.82) is 0 Å². The third kappa shape index (κ3) is 7.51. The van der Waals surface area contributed by atoms with E-state index in [1.807, 2.05) is 13.8 Å². The molecule has 1 N–H and O–H groups in total. The van der Waals surface area contributed by atoms with Crippen LogP contribution < -0.4 is 14.4 Å². The van der Waals surface area contributed by atoms with Gasteiger partial charge < -0.3 is 15.0 Å². The number of nitrogens with one attached hydrogen (secondary N) is 1. The Morgan fingerprint density at radius 2 is 1.76 bits per heavy atom. The number of rotatable bonds is 10. The SMILES string of the molecule is COc1cccc(CN(C(=O)CN(c2ccc(Cl)cc2Cl)S(C)(=O)=O)[C@@H](C)C(=O)NC(C)C)c1. The number of nitrogens with zero attached hydrogens (tertiary/aromatic N) is 2. The summed E-state index contributed by atoms with van der Waals surface area (Å²) in [7, 11) is -2.36. The van der Waals surface area contributed by atoms with Crippen molar-refractivity contribution >= 4 is 50.7 Å². The number of methoxy groups -OCH3 is 1. The molecule has 1 atom stereocenters. The third-order valence-electron chi connectivity index (χ3n) is 4.94. The van der Waals surface area contributed by atoms with Crippen LogP contribution in [0.1, 0.15) is 26.3 Å². The van der Waals surface area contributed by atoms with E-state index in [0.717, 1.165) is 10.6 Å². The van der Waals surface area contributed by atoms with Gasteiger partial charge in [-0.1, -0.05) is 35.3 Å². The topological polar surface area (TPSA) is 96.0 Å². The van der Waals surface area contributed by atoms with Crippen LogP contribution in [0.5, 0.6) is 5.75 Å². The molecule has 0 saturated carbocycles. The molecule has 0 aliphatic carbocycles. The van der Waals surface area contributed by atoms with E-state index in [-0.39, 0.29) is 29.2 Å².